The van der Waals surface area contributed by atoms with Crippen molar-refractivity contribution in [1.82, 2.24) is 5.32 Å². The summed E-state index contributed by atoms with van der Waals surface area (Å²) in [6.45, 7) is 5.39. The van der Waals surface area contributed by atoms with Crippen molar-refractivity contribution in [2.24, 2.45) is 5.92 Å². The molecule has 1 aromatic carbocycles. The second kappa shape index (κ2) is 7.63. The topological polar surface area (TPSA) is 30.5 Å². The van der Waals surface area contributed by atoms with E-state index < -0.39 is 0 Å². The van der Waals surface area contributed by atoms with Crippen LogP contribution in [-0.2, 0) is 15.9 Å². The van der Waals surface area contributed by atoms with Gasteiger partial charge in [-0.05, 0) is 36.4 Å². The maximum absolute atomic E-state index is 5.61. The van der Waals surface area contributed by atoms with Gasteiger partial charge in [0.1, 0.15) is 0 Å². The van der Waals surface area contributed by atoms with Crippen molar-refractivity contribution in [3.63, 3.8) is 0 Å². The monoisotopic (exact) mass is 263 g/mol. The number of ether oxygens (including phenoxy) is 2. The SMILES string of the molecule is CCNC1c2ccccc2CC1CCOCCOC. The largest absolute Gasteiger partial charge is 0.382 e. The third kappa shape index (κ3) is 3.78. The highest BCUT2D eigenvalue weighted by atomic mass is 16.5. The molecular weight excluding hydrogens is 238 g/mol. The van der Waals surface area contributed by atoms with Gasteiger partial charge in [0.25, 0.3) is 0 Å². The highest BCUT2D eigenvalue weighted by molar-refractivity contribution is 5.35. The van der Waals surface area contributed by atoms with Gasteiger partial charge >= 0.3 is 0 Å². The van der Waals surface area contributed by atoms with Crippen LogP contribution in [0.5, 0.6) is 0 Å². The molecular formula is C16H25NO2. The number of benzene rings is 1. The van der Waals surface area contributed by atoms with Gasteiger partial charge in [0.2, 0.25) is 0 Å². The van der Waals surface area contributed by atoms with E-state index in [9.17, 15) is 0 Å². The summed E-state index contributed by atoms with van der Waals surface area (Å²) in [5, 5.41) is 3.62. The van der Waals surface area contributed by atoms with Crippen LogP contribution in [0.1, 0.15) is 30.5 Å². The van der Waals surface area contributed by atoms with E-state index in [1.165, 1.54) is 17.5 Å². The van der Waals surface area contributed by atoms with Crippen molar-refractivity contribution in [2.75, 3.05) is 33.5 Å². The van der Waals surface area contributed by atoms with Gasteiger partial charge in [0.05, 0.1) is 13.2 Å². The van der Waals surface area contributed by atoms with E-state index in [0.717, 1.165) is 19.6 Å². The quantitative estimate of drug-likeness (QED) is 0.731. The molecule has 0 bridgehead atoms. The van der Waals surface area contributed by atoms with Crippen LogP contribution in [0.15, 0.2) is 24.3 Å². The number of nitrogens with one attached hydrogen (secondary N) is 1. The number of fused-ring (bicyclic) bond motifs is 1. The summed E-state index contributed by atoms with van der Waals surface area (Å²) in [5.41, 5.74) is 2.97. The third-order valence-corrected chi connectivity index (χ3v) is 3.83. The van der Waals surface area contributed by atoms with Crippen LogP contribution in [0, 0.1) is 5.92 Å². The molecule has 0 saturated heterocycles. The van der Waals surface area contributed by atoms with Crippen molar-refractivity contribution in [3.8, 4) is 0 Å². The highest BCUT2D eigenvalue weighted by Gasteiger charge is 2.30. The van der Waals surface area contributed by atoms with E-state index >= 15 is 0 Å². The fourth-order valence-electron chi connectivity index (χ4n) is 2.92. The predicted molar refractivity (Wildman–Crippen MR) is 77.4 cm³/mol. The summed E-state index contributed by atoms with van der Waals surface area (Å²) in [7, 11) is 1.71. The minimum atomic E-state index is 0.493. The number of hydrogen-bond acceptors (Lipinski definition) is 3. The standard InChI is InChI=1S/C16H25NO2/c1-3-17-16-14(8-9-19-11-10-18-2)12-13-6-4-5-7-15(13)16/h4-7,14,16-17H,3,8-12H2,1-2H3. The van der Waals surface area contributed by atoms with Gasteiger partial charge in [0.15, 0.2) is 0 Å². The lowest BCUT2D eigenvalue weighted by Gasteiger charge is -2.21. The molecule has 19 heavy (non-hydrogen) atoms. The molecule has 0 saturated carbocycles. The molecule has 3 heteroatoms. The Morgan fingerprint density at radius 2 is 2.05 bits per heavy atom. The molecule has 2 atom stereocenters. The number of methoxy groups -OCH3 is 1. The van der Waals surface area contributed by atoms with Crippen LogP contribution >= 0.6 is 0 Å². The first-order valence-corrected chi connectivity index (χ1v) is 7.24. The van der Waals surface area contributed by atoms with Gasteiger partial charge in [-0.15, -0.1) is 0 Å². The van der Waals surface area contributed by atoms with Crippen molar-refractivity contribution in [1.29, 1.82) is 0 Å². The maximum Gasteiger partial charge on any atom is 0.0700 e. The Bertz CT molecular complexity index is 381. The van der Waals surface area contributed by atoms with E-state index in [4.69, 9.17) is 9.47 Å². The Labute approximate surface area is 116 Å². The van der Waals surface area contributed by atoms with Crippen LogP contribution < -0.4 is 5.32 Å². The molecule has 0 fully saturated rings. The van der Waals surface area contributed by atoms with Crippen LogP contribution in [0.2, 0.25) is 0 Å². The lowest BCUT2D eigenvalue weighted by molar-refractivity contribution is 0.0619. The van der Waals surface area contributed by atoms with Crippen molar-refractivity contribution in [2.45, 2.75) is 25.8 Å². The highest BCUT2D eigenvalue weighted by Crippen LogP contribution is 2.37. The smallest absolute Gasteiger partial charge is 0.0700 e. The fourth-order valence-corrected chi connectivity index (χ4v) is 2.92. The second-order valence-electron chi connectivity index (χ2n) is 5.09. The second-order valence-corrected chi connectivity index (χ2v) is 5.09. The lowest BCUT2D eigenvalue weighted by Crippen LogP contribution is -2.26. The van der Waals surface area contributed by atoms with E-state index in [0.29, 0.717) is 25.2 Å². The summed E-state index contributed by atoms with van der Waals surface area (Å²) in [6.07, 6.45) is 2.28. The van der Waals surface area contributed by atoms with Gasteiger partial charge in [-0.2, -0.15) is 0 Å². The molecule has 1 aliphatic carbocycles. The number of rotatable bonds is 8. The Kier molecular flexibility index (Phi) is 5.83. The molecule has 106 valence electrons. The third-order valence-electron chi connectivity index (χ3n) is 3.83. The maximum atomic E-state index is 5.61. The Hall–Kier alpha value is -0.900. The molecule has 0 spiro atoms. The van der Waals surface area contributed by atoms with E-state index in [-0.39, 0.29) is 0 Å². The van der Waals surface area contributed by atoms with Crippen molar-refractivity contribution < 1.29 is 9.47 Å². The van der Waals surface area contributed by atoms with E-state index in [1.54, 1.807) is 7.11 Å². The summed E-state index contributed by atoms with van der Waals surface area (Å²) in [5.74, 6) is 0.653. The minimum absolute atomic E-state index is 0.493. The first-order chi connectivity index (χ1) is 9.36. The zero-order valence-electron chi connectivity index (χ0n) is 12.0. The lowest BCUT2D eigenvalue weighted by atomic mass is 9.97. The van der Waals surface area contributed by atoms with Gasteiger partial charge < -0.3 is 14.8 Å². The predicted octanol–water partition coefficient (Wildman–Crippen LogP) is 2.56. The number of hydrogen-bond donors (Lipinski definition) is 1. The Morgan fingerprint density at radius 1 is 1.21 bits per heavy atom. The molecule has 0 aromatic heterocycles. The van der Waals surface area contributed by atoms with Gasteiger partial charge in [-0.25, -0.2) is 0 Å². The van der Waals surface area contributed by atoms with Gasteiger partial charge in [-0.3, -0.25) is 0 Å². The minimum Gasteiger partial charge on any atom is -0.382 e. The van der Waals surface area contributed by atoms with Crippen molar-refractivity contribution in [3.05, 3.63) is 35.4 Å². The summed E-state index contributed by atoms with van der Waals surface area (Å²) >= 11 is 0. The summed E-state index contributed by atoms with van der Waals surface area (Å²) in [6, 6.07) is 9.28. The molecule has 0 heterocycles. The fraction of sp³-hybridized carbons (Fsp3) is 0.625. The van der Waals surface area contributed by atoms with Crippen LogP contribution in [0.3, 0.4) is 0 Å². The first-order valence-electron chi connectivity index (χ1n) is 7.24. The van der Waals surface area contributed by atoms with Crippen molar-refractivity contribution >= 4 is 0 Å². The van der Waals surface area contributed by atoms with Crippen LogP contribution in [-0.4, -0.2) is 33.5 Å². The molecule has 1 N–H and O–H groups in total. The molecule has 1 aliphatic rings. The van der Waals surface area contributed by atoms with E-state index in [1.807, 2.05) is 0 Å². The molecule has 0 aliphatic heterocycles. The zero-order valence-corrected chi connectivity index (χ0v) is 12.0. The Morgan fingerprint density at radius 3 is 2.84 bits per heavy atom. The molecule has 2 rings (SSSR count). The normalized spacial score (nSPS) is 21.6. The van der Waals surface area contributed by atoms with Gasteiger partial charge in [-0.1, -0.05) is 31.2 Å². The average molecular weight is 263 g/mol. The molecule has 1 aromatic rings. The average Bonchev–Trinajstić information content (AvgIpc) is 2.78. The van der Waals surface area contributed by atoms with E-state index in [2.05, 4.69) is 36.5 Å². The van der Waals surface area contributed by atoms with Gasteiger partial charge in [0, 0.05) is 19.8 Å². The molecule has 3 nitrogen and oxygen atoms in total. The Balaban J connectivity index is 1.87. The summed E-state index contributed by atoms with van der Waals surface area (Å²) in [4.78, 5) is 0. The molecule has 2 unspecified atom stereocenters. The zero-order chi connectivity index (χ0) is 13.5. The molecule has 0 amide bonds. The van der Waals surface area contributed by atoms with Crippen LogP contribution in [0.25, 0.3) is 0 Å². The molecule has 0 radical (unpaired) electrons. The van der Waals surface area contributed by atoms with Crippen LogP contribution in [0.4, 0.5) is 0 Å². The first kappa shape index (κ1) is 14.5. The summed E-state index contributed by atoms with van der Waals surface area (Å²) < 4.78 is 10.6.